The third-order valence-corrected chi connectivity index (χ3v) is 2.42. The fourth-order valence-corrected chi connectivity index (χ4v) is 1.34. The van der Waals surface area contributed by atoms with E-state index in [2.05, 4.69) is 32.6 Å². The van der Waals surface area contributed by atoms with Crippen LogP contribution in [0.15, 0.2) is 0 Å². The number of nitrogens with zero attached hydrogens (tertiary/aromatic N) is 1. The van der Waals surface area contributed by atoms with E-state index in [-0.39, 0.29) is 6.67 Å². The summed E-state index contributed by atoms with van der Waals surface area (Å²) in [4.78, 5) is 2.23. The van der Waals surface area contributed by atoms with Crippen molar-refractivity contribution in [3.05, 3.63) is 0 Å². The standard InChI is InChI=1S/C10H22FN/c1-5-7-12(8-6-11)10(4)9(2)3/h9-10H,5-8H2,1-4H3. The predicted molar refractivity (Wildman–Crippen MR) is 52.1 cm³/mol. The van der Waals surface area contributed by atoms with Crippen LogP contribution in [-0.2, 0) is 0 Å². The molecule has 0 aliphatic rings. The Morgan fingerprint density at radius 2 is 1.75 bits per heavy atom. The lowest BCUT2D eigenvalue weighted by Gasteiger charge is -2.30. The highest BCUT2D eigenvalue weighted by atomic mass is 19.1. The quantitative estimate of drug-likeness (QED) is 0.600. The Morgan fingerprint density at radius 1 is 1.17 bits per heavy atom. The summed E-state index contributed by atoms with van der Waals surface area (Å²) in [6.07, 6.45) is 1.11. The van der Waals surface area contributed by atoms with Crippen molar-refractivity contribution in [1.82, 2.24) is 4.90 Å². The van der Waals surface area contributed by atoms with E-state index in [9.17, 15) is 4.39 Å². The summed E-state index contributed by atoms with van der Waals surface area (Å²) in [6.45, 7) is 10.1. The fraction of sp³-hybridized carbons (Fsp3) is 1.00. The molecule has 0 heterocycles. The molecule has 0 aromatic heterocycles. The highest BCUT2D eigenvalue weighted by Gasteiger charge is 2.15. The Hall–Kier alpha value is -0.110. The lowest BCUT2D eigenvalue weighted by molar-refractivity contribution is 0.156. The normalized spacial score (nSPS) is 14.2. The number of alkyl halides is 1. The van der Waals surface area contributed by atoms with E-state index < -0.39 is 0 Å². The summed E-state index contributed by atoms with van der Waals surface area (Å²) in [5, 5.41) is 0. The van der Waals surface area contributed by atoms with Crippen LogP contribution in [-0.4, -0.2) is 30.7 Å². The lowest BCUT2D eigenvalue weighted by atomic mass is 10.0. The fourth-order valence-electron chi connectivity index (χ4n) is 1.34. The molecule has 0 spiro atoms. The summed E-state index contributed by atoms with van der Waals surface area (Å²) in [6, 6.07) is 0.501. The maximum Gasteiger partial charge on any atom is 0.102 e. The van der Waals surface area contributed by atoms with Gasteiger partial charge >= 0.3 is 0 Å². The van der Waals surface area contributed by atoms with Gasteiger partial charge in [-0.3, -0.25) is 4.90 Å². The second kappa shape index (κ2) is 6.41. The van der Waals surface area contributed by atoms with Gasteiger partial charge in [0.2, 0.25) is 0 Å². The average molecular weight is 175 g/mol. The lowest BCUT2D eigenvalue weighted by Crippen LogP contribution is -2.38. The smallest absolute Gasteiger partial charge is 0.102 e. The van der Waals surface area contributed by atoms with Gasteiger partial charge < -0.3 is 0 Å². The van der Waals surface area contributed by atoms with Crippen LogP contribution in [0.4, 0.5) is 4.39 Å². The maximum absolute atomic E-state index is 12.1. The van der Waals surface area contributed by atoms with Gasteiger partial charge in [0, 0.05) is 12.6 Å². The zero-order valence-corrected chi connectivity index (χ0v) is 8.81. The number of rotatable bonds is 6. The summed E-state index contributed by atoms with van der Waals surface area (Å²) in [5.41, 5.74) is 0. The molecule has 0 aliphatic carbocycles. The van der Waals surface area contributed by atoms with Crippen LogP contribution in [0.1, 0.15) is 34.1 Å². The second-order valence-corrected chi connectivity index (χ2v) is 3.71. The molecule has 0 bridgehead atoms. The van der Waals surface area contributed by atoms with Crippen LogP contribution >= 0.6 is 0 Å². The van der Waals surface area contributed by atoms with E-state index in [1.165, 1.54) is 0 Å². The van der Waals surface area contributed by atoms with E-state index in [1.54, 1.807) is 0 Å². The predicted octanol–water partition coefficient (Wildman–Crippen LogP) is 2.71. The largest absolute Gasteiger partial charge is 0.298 e. The molecule has 0 aliphatic heterocycles. The second-order valence-electron chi connectivity index (χ2n) is 3.71. The Bertz CT molecular complexity index is 98.0. The van der Waals surface area contributed by atoms with E-state index in [4.69, 9.17) is 0 Å². The average Bonchev–Trinajstić information content (AvgIpc) is 2.03. The van der Waals surface area contributed by atoms with Crippen molar-refractivity contribution < 1.29 is 4.39 Å². The Labute approximate surface area is 75.9 Å². The first-order valence-corrected chi connectivity index (χ1v) is 4.93. The molecule has 0 aromatic carbocycles. The number of hydrogen-bond donors (Lipinski definition) is 0. The number of hydrogen-bond acceptors (Lipinski definition) is 1. The Balaban J connectivity index is 3.89. The number of halogens is 1. The SMILES string of the molecule is CCCN(CCF)C(C)C(C)C. The molecule has 0 aromatic rings. The Morgan fingerprint density at radius 3 is 2.08 bits per heavy atom. The van der Waals surface area contributed by atoms with Crippen LogP contribution in [0.25, 0.3) is 0 Å². The zero-order chi connectivity index (χ0) is 9.56. The molecular formula is C10H22FN. The van der Waals surface area contributed by atoms with Gasteiger partial charge in [0.05, 0.1) is 0 Å². The molecule has 1 nitrogen and oxygen atoms in total. The minimum absolute atomic E-state index is 0.225. The molecule has 0 N–H and O–H groups in total. The van der Waals surface area contributed by atoms with E-state index in [1.807, 2.05) is 0 Å². The van der Waals surface area contributed by atoms with Crippen LogP contribution in [0.2, 0.25) is 0 Å². The van der Waals surface area contributed by atoms with E-state index >= 15 is 0 Å². The highest BCUT2D eigenvalue weighted by Crippen LogP contribution is 2.10. The minimum atomic E-state index is -0.225. The molecule has 2 heteroatoms. The van der Waals surface area contributed by atoms with Crippen LogP contribution in [0.5, 0.6) is 0 Å². The molecule has 0 saturated carbocycles. The van der Waals surface area contributed by atoms with Gasteiger partial charge in [0.1, 0.15) is 6.67 Å². The molecule has 1 unspecified atom stereocenters. The third-order valence-electron chi connectivity index (χ3n) is 2.42. The van der Waals surface area contributed by atoms with Crippen molar-refractivity contribution in [3.63, 3.8) is 0 Å². The minimum Gasteiger partial charge on any atom is -0.298 e. The molecule has 0 amide bonds. The first-order chi connectivity index (χ1) is 5.63. The molecule has 74 valence electrons. The summed E-state index contributed by atoms with van der Waals surface area (Å²) >= 11 is 0. The molecule has 0 saturated heterocycles. The summed E-state index contributed by atoms with van der Waals surface area (Å²) in [5.74, 6) is 0.614. The highest BCUT2D eigenvalue weighted by molar-refractivity contribution is 4.69. The van der Waals surface area contributed by atoms with Gasteiger partial charge in [-0.2, -0.15) is 0 Å². The first kappa shape index (κ1) is 11.9. The van der Waals surface area contributed by atoms with Crippen molar-refractivity contribution in [2.75, 3.05) is 19.8 Å². The van der Waals surface area contributed by atoms with Gasteiger partial charge in [-0.05, 0) is 25.8 Å². The van der Waals surface area contributed by atoms with Crippen molar-refractivity contribution >= 4 is 0 Å². The van der Waals surface area contributed by atoms with Gasteiger partial charge in [-0.1, -0.05) is 20.8 Å². The third kappa shape index (κ3) is 4.05. The topological polar surface area (TPSA) is 3.24 Å². The van der Waals surface area contributed by atoms with Crippen molar-refractivity contribution in [2.45, 2.75) is 40.2 Å². The van der Waals surface area contributed by atoms with Gasteiger partial charge in [-0.15, -0.1) is 0 Å². The van der Waals surface area contributed by atoms with Gasteiger partial charge in [-0.25, -0.2) is 4.39 Å². The van der Waals surface area contributed by atoms with E-state index in [0.717, 1.165) is 13.0 Å². The maximum atomic E-state index is 12.1. The molecule has 0 fully saturated rings. The molecule has 0 rings (SSSR count). The van der Waals surface area contributed by atoms with Crippen LogP contribution in [0.3, 0.4) is 0 Å². The summed E-state index contributed by atoms with van der Waals surface area (Å²) < 4.78 is 12.1. The first-order valence-electron chi connectivity index (χ1n) is 4.93. The Kier molecular flexibility index (Phi) is 6.35. The zero-order valence-electron chi connectivity index (χ0n) is 8.81. The van der Waals surface area contributed by atoms with Crippen LogP contribution in [0, 0.1) is 5.92 Å². The summed E-state index contributed by atoms with van der Waals surface area (Å²) in [7, 11) is 0. The molecule has 0 radical (unpaired) electrons. The molecular weight excluding hydrogens is 153 g/mol. The monoisotopic (exact) mass is 175 g/mol. The van der Waals surface area contributed by atoms with E-state index in [0.29, 0.717) is 18.5 Å². The van der Waals surface area contributed by atoms with Crippen molar-refractivity contribution in [2.24, 2.45) is 5.92 Å². The molecule has 12 heavy (non-hydrogen) atoms. The van der Waals surface area contributed by atoms with Crippen molar-refractivity contribution in [1.29, 1.82) is 0 Å². The molecule has 1 atom stereocenters. The van der Waals surface area contributed by atoms with Gasteiger partial charge in [0.15, 0.2) is 0 Å². The van der Waals surface area contributed by atoms with Gasteiger partial charge in [0.25, 0.3) is 0 Å². The van der Waals surface area contributed by atoms with Crippen molar-refractivity contribution in [3.8, 4) is 0 Å². The van der Waals surface area contributed by atoms with Crippen LogP contribution < -0.4 is 0 Å².